The van der Waals surface area contributed by atoms with Gasteiger partial charge in [0.2, 0.25) is 0 Å². The average molecular weight is 820 g/mol. The van der Waals surface area contributed by atoms with Crippen molar-refractivity contribution in [3.05, 3.63) is 193 Å². The lowest BCUT2D eigenvalue weighted by Gasteiger charge is -2.20. The molecule has 7 nitrogen and oxygen atoms in total. The summed E-state index contributed by atoms with van der Waals surface area (Å²) in [5.74, 6) is 1.54. The number of thiophene rings is 1. The lowest BCUT2D eigenvalue weighted by Crippen LogP contribution is -2.01. The number of hydrogen-bond acceptors (Lipinski definition) is 6. The summed E-state index contributed by atoms with van der Waals surface area (Å²) in [6.45, 7) is 0. The Hall–Kier alpha value is -8.87. The molecule has 0 aliphatic rings. The Bertz CT molecular complexity index is 3860. The fourth-order valence-corrected chi connectivity index (χ4v) is 10.7. The summed E-state index contributed by atoms with van der Waals surface area (Å²) < 4.78 is 6.44. The molecule has 5 heterocycles. The van der Waals surface area contributed by atoms with Crippen LogP contribution in [0, 0.1) is 34.0 Å². The van der Waals surface area contributed by atoms with Crippen molar-refractivity contribution in [1.29, 1.82) is 15.8 Å². The predicted octanol–water partition coefficient (Wildman–Crippen LogP) is 13.7. The van der Waals surface area contributed by atoms with E-state index in [1.807, 2.05) is 42.7 Å². The highest BCUT2D eigenvalue weighted by Gasteiger charge is 2.27. The molecule has 0 N–H and O–H groups in total. The van der Waals surface area contributed by atoms with E-state index in [4.69, 9.17) is 9.97 Å². The molecule has 0 aliphatic carbocycles. The van der Waals surface area contributed by atoms with Gasteiger partial charge in [-0.2, -0.15) is 15.8 Å². The van der Waals surface area contributed by atoms with Crippen LogP contribution in [0.2, 0.25) is 0 Å². The standard InChI is InChI=1S/C55H29N7S/c56-28-33-25-36(29-57)52(37(26-33)30-58)55-53(35-22-24-51(60-32-35)62-46-18-8-3-13-40(46)41-14-4-9-19-47(41)62)43(27-49-54(55)42-15-5-10-20-48(42)63-49)34-21-23-50(59-31-34)61-44-16-6-1-11-38(44)39-12-2-7-17-45(39)61/h1-27,31-32H. The summed E-state index contributed by atoms with van der Waals surface area (Å²) in [4.78, 5) is 10.3. The number of aromatic nitrogens is 4. The van der Waals surface area contributed by atoms with E-state index in [9.17, 15) is 15.8 Å². The molecule has 290 valence electrons. The van der Waals surface area contributed by atoms with Crippen LogP contribution in [0.3, 0.4) is 0 Å². The minimum atomic E-state index is 0.246. The molecule has 0 radical (unpaired) electrons. The molecule has 8 heteroatoms. The third-order valence-corrected chi connectivity index (χ3v) is 13.3. The molecular weight excluding hydrogens is 791 g/mol. The van der Waals surface area contributed by atoms with Gasteiger partial charge >= 0.3 is 0 Å². The molecule has 0 saturated heterocycles. The van der Waals surface area contributed by atoms with Crippen molar-refractivity contribution >= 4 is 75.1 Å². The van der Waals surface area contributed by atoms with Gasteiger partial charge in [-0.15, -0.1) is 11.3 Å². The van der Waals surface area contributed by atoms with Crippen molar-refractivity contribution in [3.8, 4) is 63.2 Å². The van der Waals surface area contributed by atoms with Gasteiger partial charge in [0.05, 0.1) is 57.0 Å². The van der Waals surface area contributed by atoms with Crippen molar-refractivity contribution in [1.82, 2.24) is 19.1 Å². The first-order chi connectivity index (χ1) is 31.1. The molecule has 0 aliphatic heterocycles. The van der Waals surface area contributed by atoms with E-state index in [1.165, 1.54) is 0 Å². The van der Waals surface area contributed by atoms with E-state index >= 15 is 0 Å². The van der Waals surface area contributed by atoms with Gasteiger partial charge in [0.25, 0.3) is 0 Å². The number of rotatable bonds is 5. The summed E-state index contributed by atoms with van der Waals surface area (Å²) in [6, 6.07) is 62.2. The van der Waals surface area contributed by atoms with Gasteiger partial charge in [-0.25, -0.2) is 9.97 Å². The molecule has 63 heavy (non-hydrogen) atoms. The average Bonchev–Trinajstić information content (AvgIpc) is 4.01. The summed E-state index contributed by atoms with van der Waals surface area (Å²) in [6.07, 6.45) is 3.80. The Kier molecular flexibility index (Phi) is 8.07. The van der Waals surface area contributed by atoms with Crippen LogP contribution in [-0.2, 0) is 0 Å². The second-order valence-electron chi connectivity index (χ2n) is 15.5. The van der Waals surface area contributed by atoms with Gasteiger partial charge in [0, 0.05) is 76.4 Å². The summed E-state index contributed by atoms with van der Waals surface area (Å²) in [7, 11) is 0. The Morgan fingerprint density at radius 3 is 1.33 bits per heavy atom. The van der Waals surface area contributed by atoms with Crippen LogP contribution in [0.5, 0.6) is 0 Å². The van der Waals surface area contributed by atoms with Gasteiger partial charge in [-0.3, -0.25) is 9.13 Å². The normalized spacial score (nSPS) is 11.4. The molecule has 0 atom stereocenters. The zero-order valence-electron chi connectivity index (χ0n) is 33.3. The number of pyridine rings is 2. The maximum Gasteiger partial charge on any atom is 0.137 e. The Morgan fingerprint density at radius 1 is 0.413 bits per heavy atom. The smallest absolute Gasteiger partial charge is 0.137 e. The molecule has 0 unspecified atom stereocenters. The first-order valence-electron chi connectivity index (χ1n) is 20.4. The van der Waals surface area contributed by atoms with Crippen molar-refractivity contribution in [2.75, 3.05) is 0 Å². The lowest BCUT2D eigenvalue weighted by atomic mass is 9.82. The molecule has 0 saturated carbocycles. The predicted molar refractivity (Wildman–Crippen MR) is 254 cm³/mol. The third-order valence-electron chi connectivity index (χ3n) is 12.1. The minimum Gasteiger partial charge on any atom is -0.294 e. The fourth-order valence-electron chi connectivity index (χ4n) is 9.50. The Labute approximate surface area is 364 Å². The highest BCUT2D eigenvalue weighted by Crippen LogP contribution is 2.51. The van der Waals surface area contributed by atoms with Crippen LogP contribution in [0.25, 0.3) is 109 Å². The van der Waals surface area contributed by atoms with Crippen molar-refractivity contribution in [2.24, 2.45) is 0 Å². The van der Waals surface area contributed by atoms with Crippen LogP contribution < -0.4 is 0 Å². The topological polar surface area (TPSA) is 107 Å². The van der Waals surface area contributed by atoms with Gasteiger partial charge in [0.1, 0.15) is 11.6 Å². The second kappa shape index (κ2) is 14.1. The number of fused-ring (bicyclic) bond motifs is 9. The highest BCUT2D eigenvalue weighted by molar-refractivity contribution is 7.26. The largest absolute Gasteiger partial charge is 0.294 e. The summed E-state index contributed by atoms with van der Waals surface area (Å²) in [5.41, 5.74) is 9.51. The van der Waals surface area contributed by atoms with Crippen molar-refractivity contribution < 1.29 is 0 Å². The van der Waals surface area contributed by atoms with E-state index in [2.05, 4.69) is 149 Å². The Balaban J connectivity index is 1.16. The van der Waals surface area contributed by atoms with E-state index < -0.39 is 0 Å². The molecule has 12 rings (SSSR count). The first-order valence-corrected chi connectivity index (χ1v) is 21.2. The van der Waals surface area contributed by atoms with Gasteiger partial charge in [0.15, 0.2) is 0 Å². The monoisotopic (exact) mass is 819 g/mol. The van der Waals surface area contributed by atoms with Crippen LogP contribution >= 0.6 is 11.3 Å². The van der Waals surface area contributed by atoms with Gasteiger partial charge in [-0.1, -0.05) is 91.0 Å². The van der Waals surface area contributed by atoms with Crippen LogP contribution in [0.4, 0.5) is 0 Å². The van der Waals surface area contributed by atoms with Crippen LogP contribution in [-0.4, -0.2) is 19.1 Å². The van der Waals surface area contributed by atoms with Crippen LogP contribution in [0.15, 0.2) is 176 Å². The first kappa shape index (κ1) is 36.0. The second-order valence-corrected chi connectivity index (χ2v) is 16.6. The molecule has 0 spiro atoms. The molecule has 0 bridgehead atoms. The number of nitrogens with zero attached hydrogens (tertiary/aromatic N) is 7. The quantitative estimate of drug-likeness (QED) is 0.172. The van der Waals surface area contributed by atoms with Crippen molar-refractivity contribution in [2.45, 2.75) is 0 Å². The van der Waals surface area contributed by atoms with Crippen LogP contribution in [0.1, 0.15) is 16.7 Å². The van der Waals surface area contributed by atoms with Gasteiger partial charge < -0.3 is 0 Å². The maximum atomic E-state index is 10.8. The van der Waals surface area contributed by atoms with E-state index in [1.54, 1.807) is 23.5 Å². The third kappa shape index (κ3) is 5.42. The maximum absolute atomic E-state index is 10.8. The summed E-state index contributed by atoms with van der Waals surface area (Å²) >= 11 is 1.66. The molecular formula is C55H29N7S. The molecule has 7 aromatic carbocycles. The SMILES string of the molecule is N#Cc1cc(C#N)c(-c2c(-c3ccc(-n4c5ccccc5c5ccccc54)nc3)c(-c3ccc(-n4c5ccccc5c5ccccc54)nc3)cc3sc4ccccc4c23)c(C#N)c1. The Morgan fingerprint density at radius 2 is 0.873 bits per heavy atom. The van der Waals surface area contributed by atoms with E-state index in [-0.39, 0.29) is 16.7 Å². The molecule has 0 fully saturated rings. The van der Waals surface area contributed by atoms with Crippen molar-refractivity contribution in [3.63, 3.8) is 0 Å². The van der Waals surface area contributed by atoms with E-state index in [0.717, 1.165) is 103 Å². The zero-order chi connectivity index (χ0) is 42.2. The number of para-hydroxylation sites is 4. The summed E-state index contributed by atoms with van der Waals surface area (Å²) in [5, 5.41) is 38.1. The number of nitriles is 3. The van der Waals surface area contributed by atoms with Gasteiger partial charge in [-0.05, 0) is 83.9 Å². The zero-order valence-corrected chi connectivity index (χ0v) is 34.1. The lowest BCUT2D eigenvalue weighted by molar-refractivity contribution is 1.08. The van der Waals surface area contributed by atoms with E-state index in [0.29, 0.717) is 5.56 Å². The number of benzene rings is 7. The highest BCUT2D eigenvalue weighted by atomic mass is 32.1. The number of hydrogen-bond donors (Lipinski definition) is 0. The molecule has 5 aromatic heterocycles. The molecule has 0 amide bonds. The molecule has 12 aromatic rings. The fraction of sp³-hybridized carbons (Fsp3) is 0. The minimum absolute atomic E-state index is 0.246.